The largest absolute Gasteiger partial charge is 0.493 e. The molecule has 0 aliphatic carbocycles. The highest BCUT2D eigenvalue weighted by atomic mass is 32.2. The zero-order valence-corrected chi connectivity index (χ0v) is 21.1. The summed E-state index contributed by atoms with van der Waals surface area (Å²) in [4.78, 5) is 31.7. The van der Waals surface area contributed by atoms with E-state index in [4.69, 9.17) is 4.74 Å². The van der Waals surface area contributed by atoms with Gasteiger partial charge in [0.2, 0.25) is 10.0 Å². The lowest BCUT2D eigenvalue weighted by Gasteiger charge is -2.25. The first-order chi connectivity index (χ1) is 16.8. The van der Waals surface area contributed by atoms with Gasteiger partial charge in [0.15, 0.2) is 11.3 Å². The second-order valence-electron chi connectivity index (χ2n) is 8.69. The van der Waals surface area contributed by atoms with Crippen LogP contribution >= 0.6 is 0 Å². The Morgan fingerprint density at radius 1 is 1.11 bits per heavy atom. The second-order valence-corrected chi connectivity index (χ2v) is 10.6. The van der Waals surface area contributed by atoms with Crippen molar-refractivity contribution in [2.24, 2.45) is 5.92 Å². The van der Waals surface area contributed by atoms with Crippen LogP contribution in [-0.4, -0.2) is 57.8 Å². The number of nitrogens with one attached hydrogen (secondary N) is 1. The van der Waals surface area contributed by atoms with E-state index in [9.17, 15) is 18.0 Å². The number of aromatic amines is 1. The van der Waals surface area contributed by atoms with Crippen LogP contribution in [0.4, 0.5) is 0 Å². The van der Waals surface area contributed by atoms with E-state index in [0.717, 1.165) is 12.8 Å². The number of fused-ring (bicyclic) bond motifs is 1. The van der Waals surface area contributed by atoms with Crippen LogP contribution in [0, 0.1) is 5.92 Å². The van der Waals surface area contributed by atoms with Crippen LogP contribution in [0.3, 0.4) is 0 Å². The van der Waals surface area contributed by atoms with Crippen molar-refractivity contribution in [3.05, 3.63) is 40.6 Å². The lowest BCUT2D eigenvalue weighted by Crippen LogP contribution is -2.38. The Kier molecular flexibility index (Phi) is 7.36. The number of nitrogens with zero attached hydrogens (tertiary/aromatic N) is 4. The van der Waals surface area contributed by atoms with Gasteiger partial charge >= 0.3 is 0 Å². The van der Waals surface area contributed by atoms with E-state index in [1.807, 2.05) is 6.92 Å². The molecule has 1 saturated heterocycles. The number of hydrogen-bond donors (Lipinski definition) is 1. The first kappa shape index (κ1) is 25.1. The quantitative estimate of drug-likeness (QED) is 0.478. The van der Waals surface area contributed by atoms with Gasteiger partial charge in [0.05, 0.1) is 23.3 Å². The minimum atomic E-state index is -3.83. The summed E-state index contributed by atoms with van der Waals surface area (Å²) < 4.78 is 35.2. The maximum atomic E-state index is 13.3. The molecule has 0 amide bonds. The predicted molar refractivity (Wildman–Crippen MR) is 131 cm³/mol. The molecule has 0 unspecified atom stereocenters. The summed E-state index contributed by atoms with van der Waals surface area (Å²) in [7, 11) is -3.83. The Labute approximate surface area is 204 Å². The number of rotatable bonds is 9. The van der Waals surface area contributed by atoms with Crippen molar-refractivity contribution in [1.29, 1.82) is 0 Å². The molecule has 188 valence electrons. The molecule has 11 heteroatoms. The fourth-order valence-corrected chi connectivity index (χ4v) is 5.77. The highest BCUT2D eigenvalue weighted by molar-refractivity contribution is 7.89. The molecular formula is C24H31N5O5S. The maximum Gasteiger partial charge on any atom is 0.277 e. The van der Waals surface area contributed by atoms with E-state index in [-0.39, 0.29) is 48.0 Å². The average molecular weight is 502 g/mol. The van der Waals surface area contributed by atoms with Gasteiger partial charge in [-0.15, -0.1) is 5.10 Å². The van der Waals surface area contributed by atoms with Gasteiger partial charge in [-0.25, -0.2) is 17.9 Å². The monoisotopic (exact) mass is 501 g/mol. The summed E-state index contributed by atoms with van der Waals surface area (Å²) in [5.74, 6) is 1.75. The Bertz CT molecular complexity index is 1380. The standard InChI is InChI=1S/C24H31N5O5S/c1-4-16(5-2)13-22-25-15-20-24(31)26-23(27-29(20)22)19-14-18(7-8-21(19)34-6-3)35(32,33)28-11-9-17(30)10-12-28/h7-8,14-16H,4-6,9-13H2,1-3H3,(H,26,27,31). The summed E-state index contributed by atoms with van der Waals surface area (Å²) >= 11 is 0. The molecular weight excluding hydrogens is 470 g/mol. The van der Waals surface area contributed by atoms with E-state index in [0.29, 0.717) is 41.6 Å². The van der Waals surface area contributed by atoms with Crippen molar-refractivity contribution in [3.8, 4) is 17.1 Å². The normalized spacial score (nSPS) is 15.3. The Morgan fingerprint density at radius 3 is 2.49 bits per heavy atom. The number of aromatic nitrogens is 4. The molecule has 0 saturated carbocycles. The molecule has 1 N–H and O–H groups in total. The molecule has 1 fully saturated rings. The van der Waals surface area contributed by atoms with Gasteiger partial charge in [-0.1, -0.05) is 26.7 Å². The van der Waals surface area contributed by atoms with Crippen LogP contribution in [-0.2, 0) is 21.2 Å². The number of piperidine rings is 1. The topological polar surface area (TPSA) is 127 Å². The predicted octanol–water partition coefficient (Wildman–Crippen LogP) is 2.82. The third kappa shape index (κ3) is 5.01. The van der Waals surface area contributed by atoms with E-state index in [1.165, 1.54) is 22.6 Å². The van der Waals surface area contributed by atoms with E-state index in [1.54, 1.807) is 10.6 Å². The third-order valence-electron chi connectivity index (χ3n) is 6.52. The summed E-state index contributed by atoms with van der Waals surface area (Å²) in [5.41, 5.74) is 0.320. The number of sulfonamides is 1. The van der Waals surface area contributed by atoms with Crippen LogP contribution in [0.5, 0.6) is 5.75 Å². The van der Waals surface area contributed by atoms with Gasteiger partial charge in [-0.3, -0.25) is 9.59 Å². The molecule has 4 rings (SSSR count). The fraction of sp³-hybridized carbons (Fsp3) is 0.500. The minimum Gasteiger partial charge on any atom is -0.493 e. The Morgan fingerprint density at radius 2 is 1.83 bits per heavy atom. The average Bonchev–Trinajstić information content (AvgIpc) is 3.26. The smallest absolute Gasteiger partial charge is 0.277 e. The molecule has 10 nitrogen and oxygen atoms in total. The lowest BCUT2D eigenvalue weighted by atomic mass is 9.99. The van der Waals surface area contributed by atoms with Crippen LogP contribution in [0.25, 0.3) is 16.9 Å². The summed E-state index contributed by atoms with van der Waals surface area (Å²) in [6, 6.07) is 4.52. The van der Waals surface area contributed by atoms with E-state index < -0.39 is 10.0 Å². The van der Waals surface area contributed by atoms with Gasteiger partial charge in [0.25, 0.3) is 5.56 Å². The lowest BCUT2D eigenvalue weighted by molar-refractivity contribution is -0.120. The van der Waals surface area contributed by atoms with Gasteiger partial charge in [-0.2, -0.15) is 4.31 Å². The van der Waals surface area contributed by atoms with Crippen LogP contribution in [0.1, 0.15) is 52.3 Å². The molecule has 3 heterocycles. The number of carbonyl (C=O) groups is 1. The number of imidazole rings is 1. The van der Waals surface area contributed by atoms with Crippen molar-refractivity contribution in [1.82, 2.24) is 23.9 Å². The fourth-order valence-electron chi connectivity index (χ4n) is 4.30. The number of H-pyrrole nitrogens is 1. The van der Waals surface area contributed by atoms with E-state index in [2.05, 4.69) is 28.9 Å². The zero-order valence-electron chi connectivity index (χ0n) is 20.3. The Balaban J connectivity index is 1.81. The van der Waals surface area contributed by atoms with Crippen LogP contribution in [0.2, 0.25) is 0 Å². The maximum absolute atomic E-state index is 13.3. The summed E-state index contributed by atoms with van der Waals surface area (Å²) in [6.07, 6.45) is 4.56. The van der Waals surface area contributed by atoms with Crippen molar-refractivity contribution in [2.75, 3.05) is 19.7 Å². The number of hydrogen-bond acceptors (Lipinski definition) is 7. The molecule has 0 radical (unpaired) electrons. The second kappa shape index (κ2) is 10.3. The van der Waals surface area contributed by atoms with Crippen LogP contribution < -0.4 is 10.3 Å². The third-order valence-corrected chi connectivity index (χ3v) is 8.42. The summed E-state index contributed by atoms with van der Waals surface area (Å²) in [5, 5.41) is 4.64. The number of ether oxygens (including phenoxy) is 1. The molecule has 3 aromatic rings. The van der Waals surface area contributed by atoms with Crippen molar-refractivity contribution < 1.29 is 17.9 Å². The molecule has 2 aromatic heterocycles. The SMILES string of the molecule is CCOc1ccc(S(=O)(=O)N2CCC(=O)CC2)cc1-c1nn2c(CC(CC)CC)ncc2c(=O)[nH]1. The first-order valence-electron chi connectivity index (χ1n) is 12.0. The molecule has 1 aliphatic heterocycles. The molecule has 0 bridgehead atoms. The van der Waals surface area contributed by atoms with Crippen molar-refractivity contribution >= 4 is 21.3 Å². The number of carbonyl (C=O) groups excluding carboxylic acids is 1. The molecule has 0 spiro atoms. The van der Waals surface area contributed by atoms with Crippen molar-refractivity contribution in [2.45, 2.75) is 57.8 Å². The summed E-state index contributed by atoms with van der Waals surface area (Å²) in [6.45, 7) is 6.72. The molecule has 35 heavy (non-hydrogen) atoms. The first-order valence-corrected chi connectivity index (χ1v) is 13.5. The van der Waals surface area contributed by atoms with E-state index >= 15 is 0 Å². The van der Waals surface area contributed by atoms with Gasteiger partial charge < -0.3 is 9.72 Å². The van der Waals surface area contributed by atoms with Gasteiger partial charge in [0, 0.05) is 32.4 Å². The molecule has 1 aliphatic rings. The Hall–Kier alpha value is -3.05. The number of ketones is 1. The van der Waals surface area contributed by atoms with Gasteiger partial charge in [-0.05, 0) is 31.0 Å². The highest BCUT2D eigenvalue weighted by Gasteiger charge is 2.29. The van der Waals surface area contributed by atoms with Gasteiger partial charge in [0.1, 0.15) is 17.4 Å². The van der Waals surface area contributed by atoms with Crippen LogP contribution in [0.15, 0.2) is 34.1 Å². The molecule has 0 atom stereocenters. The highest BCUT2D eigenvalue weighted by Crippen LogP contribution is 2.32. The number of Topliss-reactive ketones (excluding diaryl/α,β-unsaturated/α-hetero) is 1. The molecule has 1 aromatic carbocycles. The zero-order chi connectivity index (χ0) is 25.2. The minimum absolute atomic E-state index is 0.0518. The number of benzene rings is 1. The van der Waals surface area contributed by atoms with Crippen molar-refractivity contribution in [3.63, 3.8) is 0 Å².